The van der Waals surface area contributed by atoms with E-state index < -0.39 is 23.6 Å². The number of rotatable bonds is 5. The van der Waals surface area contributed by atoms with Crippen molar-refractivity contribution in [2.45, 2.75) is 19.9 Å². The summed E-state index contributed by atoms with van der Waals surface area (Å²) in [7, 11) is 0. The Bertz CT molecular complexity index is 1260. The number of H-pyrrole nitrogens is 1. The van der Waals surface area contributed by atoms with E-state index in [9.17, 15) is 23.2 Å². The lowest BCUT2D eigenvalue weighted by atomic mass is 10.1. The fourth-order valence-electron chi connectivity index (χ4n) is 3.35. The molecule has 1 aliphatic heterocycles. The number of aromatic amines is 1. The quantitative estimate of drug-likeness (QED) is 0.487. The van der Waals surface area contributed by atoms with Gasteiger partial charge in [-0.25, -0.2) is 18.3 Å². The molecule has 1 aromatic heterocycles. The SMILES string of the molecule is CCc1[nH]n(-c2ccccc2)c(=O)c1/C=C1\NC(=O)N(Cc2ccc(F)c(F)c2)C1=O. The van der Waals surface area contributed by atoms with Crippen molar-refractivity contribution in [2.24, 2.45) is 0 Å². The zero-order valence-electron chi connectivity index (χ0n) is 16.5. The summed E-state index contributed by atoms with van der Waals surface area (Å²) in [6, 6.07) is 11.4. The predicted molar refractivity (Wildman–Crippen MR) is 109 cm³/mol. The molecule has 158 valence electrons. The Balaban J connectivity index is 1.66. The van der Waals surface area contributed by atoms with Gasteiger partial charge in [0.1, 0.15) is 5.70 Å². The number of carbonyl (C=O) groups excluding carboxylic acids is 2. The first kappa shape index (κ1) is 20.3. The Morgan fingerprint density at radius 2 is 1.74 bits per heavy atom. The highest BCUT2D eigenvalue weighted by Crippen LogP contribution is 2.19. The number of hydrogen-bond acceptors (Lipinski definition) is 3. The Hall–Kier alpha value is -4.01. The van der Waals surface area contributed by atoms with Crippen molar-refractivity contribution >= 4 is 18.0 Å². The molecule has 0 bridgehead atoms. The number of para-hydroxylation sites is 1. The van der Waals surface area contributed by atoms with Gasteiger partial charge >= 0.3 is 6.03 Å². The van der Waals surface area contributed by atoms with Crippen LogP contribution >= 0.6 is 0 Å². The first-order valence-electron chi connectivity index (χ1n) is 9.56. The van der Waals surface area contributed by atoms with Gasteiger partial charge in [-0.05, 0) is 42.3 Å². The van der Waals surface area contributed by atoms with Crippen LogP contribution < -0.4 is 10.9 Å². The highest BCUT2D eigenvalue weighted by atomic mass is 19.2. The zero-order valence-corrected chi connectivity index (χ0v) is 16.5. The molecule has 2 N–H and O–H groups in total. The molecule has 0 saturated carbocycles. The van der Waals surface area contributed by atoms with Gasteiger partial charge in [0, 0.05) is 5.69 Å². The average Bonchev–Trinajstić information content (AvgIpc) is 3.22. The number of amides is 3. The van der Waals surface area contributed by atoms with Crippen LogP contribution in [0, 0.1) is 11.6 Å². The van der Waals surface area contributed by atoms with E-state index in [1.165, 1.54) is 16.8 Å². The molecule has 7 nitrogen and oxygen atoms in total. The van der Waals surface area contributed by atoms with Gasteiger partial charge in [-0.1, -0.05) is 31.2 Å². The molecular weight excluding hydrogens is 406 g/mol. The smallest absolute Gasteiger partial charge is 0.303 e. The van der Waals surface area contributed by atoms with E-state index in [1.807, 2.05) is 13.0 Å². The monoisotopic (exact) mass is 424 g/mol. The second-order valence-corrected chi connectivity index (χ2v) is 6.96. The second-order valence-electron chi connectivity index (χ2n) is 6.96. The van der Waals surface area contributed by atoms with Gasteiger partial charge in [-0.15, -0.1) is 0 Å². The first-order valence-corrected chi connectivity index (χ1v) is 9.56. The molecule has 0 radical (unpaired) electrons. The Morgan fingerprint density at radius 1 is 1.00 bits per heavy atom. The second kappa shape index (κ2) is 8.02. The van der Waals surface area contributed by atoms with Crippen molar-refractivity contribution in [3.63, 3.8) is 0 Å². The largest absolute Gasteiger partial charge is 0.329 e. The molecular formula is C22H18F2N4O3. The molecule has 9 heteroatoms. The lowest BCUT2D eigenvalue weighted by Crippen LogP contribution is -2.30. The third-order valence-corrected chi connectivity index (χ3v) is 4.95. The van der Waals surface area contributed by atoms with Crippen LogP contribution in [0.25, 0.3) is 11.8 Å². The molecule has 3 aromatic rings. The van der Waals surface area contributed by atoms with E-state index in [-0.39, 0.29) is 28.9 Å². The zero-order chi connectivity index (χ0) is 22.1. The lowest BCUT2D eigenvalue weighted by Gasteiger charge is -2.11. The Morgan fingerprint density at radius 3 is 2.42 bits per heavy atom. The number of nitrogens with one attached hydrogen (secondary N) is 2. The van der Waals surface area contributed by atoms with Gasteiger partial charge in [0.15, 0.2) is 11.6 Å². The summed E-state index contributed by atoms with van der Waals surface area (Å²) >= 11 is 0. The number of aromatic nitrogens is 2. The van der Waals surface area contributed by atoms with Crippen LogP contribution in [0.15, 0.2) is 59.0 Å². The van der Waals surface area contributed by atoms with Crippen LogP contribution in [0.1, 0.15) is 23.7 Å². The van der Waals surface area contributed by atoms with Crippen LogP contribution in [0.5, 0.6) is 0 Å². The van der Waals surface area contributed by atoms with Gasteiger partial charge in [0.25, 0.3) is 11.5 Å². The van der Waals surface area contributed by atoms with Crippen molar-refractivity contribution in [1.82, 2.24) is 20.0 Å². The molecule has 0 spiro atoms. The summed E-state index contributed by atoms with van der Waals surface area (Å²) in [5, 5.41) is 5.47. The maximum Gasteiger partial charge on any atom is 0.329 e. The maximum atomic E-state index is 13.5. The van der Waals surface area contributed by atoms with E-state index in [2.05, 4.69) is 10.4 Å². The molecule has 31 heavy (non-hydrogen) atoms. The number of urea groups is 1. The van der Waals surface area contributed by atoms with E-state index in [0.29, 0.717) is 17.8 Å². The van der Waals surface area contributed by atoms with E-state index >= 15 is 0 Å². The van der Waals surface area contributed by atoms with E-state index in [4.69, 9.17) is 0 Å². The number of hydrogen-bond donors (Lipinski definition) is 2. The van der Waals surface area contributed by atoms with Crippen LogP contribution in [0.4, 0.5) is 13.6 Å². The minimum Gasteiger partial charge on any atom is -0.303 e. The molecule has 0 atom stereocenters. The molecule has 3 amide bonds. The van der Waals surface area contributed by atoms with Crippen molar-refractivity contribution in [3.8, 4) is 5.69 Å². The molecule has 4 rings (SSSR count). The number of nitrogens with zero attached hydrogens (tertiary/aromatic N) is 2. The summed E-state index contributed by atoms with van der Waals surface area (Å²) in [4.78, 5) is 38.9. The minimum absolute atomic E-state index is 0.0707. The third kappa shape index (κ3) is 3.77. The number of carbonyl (C=O) groups is 2. The van der Waals surface area contributed by atoms with Gasteiger partial charge in [-0.2, -0.15) is 0 Å². The first-order chi connectivity index (χ1) is 14.9. The molecule has 1 aliphatic rings. The summed E-state index contributed by atoms with van der Waals surface area (Å²) in [5.41, 5.74) is 1.31. The minimum atomic E-state index is -1.07. The number of benzene rings is 2. The van der Waals surface area contributed by atoms with Gasteiger partial charge in [-0.3, -0.25) is 19.6 Å². The highest BCUT2D eigenvalue weighted by Gasteiger charge is 2.34. The van der Waals surface area contributed by atoms with Crippen molar-refractivity contribution in [3.05, 3.63) is 93.0 Å². The normalized spacial score (nSPS) is 15.1. The van der Waals surface area contributed by atoms with Gasteiger partial charge in [0.2, 0.25) is 0 Å². The van der Waals surface area contributed by atoms with E-state index in [1.54, 1.807) is 24.3 Å². The van der Waals surface area contributed by atoms with E-state index in [0.717, 1.165) is 17.0 Å². The van der Waals surface area contributed by atoms with Crippen LogP contribution in [-0.2, 0) is 17.8 Å². The summed E-state index contributed by atoms with van der Waals surface area (Å²) < 4.78 is 27.9. The van der Waals surface area contributed by atoms with Crippen molar-refractivity contribution in [1.29, 1.82) is 0 Å². The summed E-state index contributed by atoms with van der Waals surface area (Å²) in [6.07, 6.45) is 1.83. The average molecular weight is 424 g/mol. The van der Waals surface area contributed by atoms with Crippen molar-refractivity contribution in [2.75, 3.05) is 0 Å². The number of imide groups is 1. The molecule has 2 heterocycles. The molecule has 0 unspecified atom stereocenters. The van der Waals surface area contributed by atoms with Gasteiger partial charge < -0.3 is 5.32 Å². The highest BCUT2D eigenvalue weighted by molar-refractivity contribution is 6.13. The summed E-state index contributed by atoms with van der Waals surface area (Å²) in [6.45, 7) is 1.62. The van der Waals surface area contributed by atoms with Crippen LogP contribution in [-0.4, -0.2) is 26.6 Å². The predicted octanol–water partition coefficient (Wildman–Crippen LogP) is 3.10. The lowest BCUT2D eigenvalue weighted by molar-refractivity contribution is -0.123. The topological polar surface area (TPSA) is 87.2 Å². The molecule has 2 aromatic carbocycles. The Kier molecular flexibility index (Phi) is 5.24. The van der Waals surface area contributed by atoms with Crippen LogP contribution in [0.3, 0.4) is 0 Å². The number of halogens is 2. The molecule has 0 aliphatic carbocycles. The maximum absolute atomic E-state index is 13.5. The van der Waals surface area contributed by atoms with Gasteiger partial charge in [0.05, 0.1) is 17.8 Å². The fraction of sp³-hybridized carbons (Fsp3) is 0.136. The number of aryl methyl sites for hydroxylation is 1. The Labute approximate surface area is 175 Å². The third-order valence-electron chi connectivity index (χ3n) is 4.95. The standard InChI is InChI=1S/C22H18F2N4O3/c1-2-18-15(20(29)28(26-18)14-6-4-3-5-7-14)11-19-21(30)27(22(31)25-19)12-13-8-9-16(23)17(24)10-13/h3-11,26H,2,12H2,1H3,(H,25,31)/b19-11-. The van der Waals surface area contributed by atoms with Crippen molar-refractivity contribution < 1.29 is 18.4 Å². The van der Waals surface area contributed by atoms with Crippen LogP contribution in [0.2, 0.25) is 0 Å². The summed E-state index contributed by atoms with van der Waals surface area (Å²) in [5.74, 6) is -2.75. The molecule has 1 fully saturated rings. The fourth-order valence-corrected chi connectivity index (χ4v) is 3.35. The molecule has 1 saturated heterocycles.